The molecule has 2 aromatic rings. The molecule has 3 N–H and O–H groups in total. The van der Waals surface area contributed by atoms with Gasteiger partial charge in [-0.2, -0.15) is 0 Å². The van der Waals surface area contributed by atoms with Crippen LogP contribution in [0.3, 0.4) is 0 Å². The van der Waals surface area contributed by atoms with E-state index < -0.39 is 29.7 Å². The highest BCUT2D eigenvalue weighted by molar-refractivity contribution is 6.14. The molecule has 0 bridgehead atoms. The maximum Gasteiger partial charge on any atom is 0.405 e. The van der Waals surface area contributed by atoms with Crippen LogP contribution in [0.15, 0.2) is 42.5 Å². The number of ether oxygens (including phenoxy) is 2. The van der Waals surface area contributed by atoms with Crippen molar-refractivity contribution in [3.8, 4) is 5.75 Å². The SMILES string of the molecule is CC[C@H](C)[C@H](OC(N)=O)C(=O)Nc1ccc(OC)cc1C(=O)c1ccc(F)cc1. The van der Waals surface area contributed by atoms with Crippen LogP contribution in [-0.4, -0.2) is 31.0 Å². The Bertz CT molecular complexity index is 898. The number of carbonyl (C=O) groups is 3. The van der Waals surface area contributed by atoms with Crippen LogP contribution < -0.4 is 15.8 Å². The molecule has 0 aromatic heterocycles. The van der Waals surface area contributed by atoms with E-state index in [1.807, 2.05) is 6.92 Å². The van der Waals surface area contributed by atoms with Crippen LogP contribution in [-0.2, 0) is 9.53 Å². The zero-order chi connectivity index (χ0) is 21.6. The number of methoxy groups -OCH3 is 1. The third-order valence-corrected chi connectivity index (χ3v) is 4.50. The first-order valence-electron chi connectivity index (χ1n) is 9.02. The zero-order valence-electron chi connectivity index (χ0n) is 16.4. The van der Waals surface area contributed by atoms with Gasteiger partial charge in [0.1, 0.15) is 11.6 Å². The molecule has 0 radical (unpaired) electrons. The molecule has 7 nitrogen and oxygen atoms in total. The molecule has 0 aliphatic carbocycles. The lowest BCUT2D eigenvalue weighted by atomic mass is 9.99. The van der Waals surface area contributed by atoms with Gasteiger partial charge in [0.15, 0.2) is 11.9 Å². The molecule has 0 heterocycles. The van der Waals surface area contributed by atoms with Gasteiger partial charge in [-0.25, -0.2) is 9.18 Å². The van der Waals surface area contributed by atoms with E-state index in [1.165, 1.54) is 43.5 Å². The van der Waals surface area contributed by atoms with E-state index in [4.69, 9.17) is 15.2 Å². The quantitative estimate of drug-likeness (QED) is 0.657. The van der Waals surface area contributed by atoms with E-state index >= 15 is 0 Å². The smallest absolute Gasteiger partial charge is 0.405 e. The van der Waals surface area contributed by atoms with Crippen molar-refractivity contribution in [3.05, 3.63) is 59.4 Å². The summed E-state index contributed by atoms with van der Waals surface area (Å²) in [6.07, 6.45) is -1.62. The van der Waals surface area contributed by atoms with E-state index in [9.17, 15) is 18.8 Å². The fourth-order valence-corrected chi connectivity index (χ4v) is 2.68. The molecule has 0 unspecified atom stereocenters. The second kappa shape index (κ2) is 9.68. The minimum atomic E-state index is -1.12. The third-order valence-electron chi connectivity index (χ3n) is 4.50. The molecule has 0 aliphatic heterocycles. The summed E-state index contributed by atoms with van der Waals surface area (Å²) in [5, 5.41) is 2.62. The number of nitrogens with two attached hydrogens (primary N) is 1. The van der Waals surface area contributed by atoms with Crippen LogP contribution in [0.1, 0.15) is 36.2 Å². The molecule has 2 atom stereocenters. The Balaban J connectivity index is 2.39. The number of amides is 2. The number of benzene rings is 2. The second-order valence-electron chi connectivity index (χ2n) is 6.48. The average molecular weight is 402 g/mol. The standard InChI is InChI=1S/C21H23FN2O5/c1-4-12(2)19(29-21(23)27)20(26)24-17-10-9-15(28-3)11-16(17)18(25)13-5-7-14(22)8-6-13/h5-12,19H,4H2,1-3H3,(H2,23,27)(H,24,26)/t12-,19-/m0/s1. The Labute approximate surface area is 168 Å². The molecular weight excluding hydrogens is 379 g/mol. The lowest BCUT2D eigenvalue weighted by Crippen LogP contribution is -2.39. The Hall–Kier alpha value is -3.42. The summed E-state index contributed by atoms with van der Waals surface area (Å²) >= 11 is 0. The molecule has 29 heavy (non-hydrogen) atoms. The fraction of sp³-hybridized carbons (Fsp3) is 0.286. The summed E-state index contributed by atoms with van der Waals surface area (Å²) in [4.78, 5) is 36.8. The lowest BCUT2D eigenvalue weighted by molar-refractivity contribution is -0.126. The van der Waals surface area contributed by atoms with E-state index in [1.54, 1.807) is 13.0 Å². The minimum Gasteiger partial charge on any atom is -0.497 e. The average Bonchev–Trinajstić information content (AvgIpc) is 2.71. The molecule has 0 spiro atoms. The van der Waals surface area contributed by atoms with Gasteiger partial charge in [0, 0.05) is 17.0 Å². The highest BCUT2D eigenvalue weighted by atomic mass is 19.1. The van der Waals surface area contributed by atoms with Gasteiger partial charge in [-0.15, -0.1) is 0 Å². The molecule has 0 saturated carbocycles. The van der Waals surface area contributed by atoms with Gasteiger partial charge in [-0.1, -0.05) is 13.8 Å². The van der Waals surface area contributed by atoms with Gasteiger partial charge < -0.3 is 20.5 Å². The van der Waals surface area contributed by atoms with Crippen molar-refractivity contribution >= 4 is 23.5 Å². The molecule has 0 saturated heterocycles. The summed E-state index contributed by atoms with van der Waals surface area (Å²) in [6, 6.07) is 9.59. The number of carbonyl (C=O) groups excluding carboxylic acids is 3. The van der Waals surface area contributed by atoms with E-state index in [2.05, 4.69) is 5.32 Å². The monoisotopic (exact) mass is 402 g/mol. The van der Waals surface area contributed by atoms with Crippen molar-refractivity contribution in [3.63, 3.8) is 0 Å². The highest BCUT2D eigenvalue weighted by Gasteiger charge is 2.28. The molecule has 2 rings (SSSR count). The Morgan fingerprint density at radius 2 is 1.79 bits per heavy atom. The molecule has 0 fully saturated rings. The first-order chi connectivity index (χ1) is 13.8. The first kappa shape index (κ1) is 21.9. The maximum atomic E-state index is 13.2. The van der Waals surface area contributed by atoms with Crippen LogP contribution in [0.2, 0.25) is 0 Å². The normalized spacial score (nSPS) is 12.6. The lowest BCUT2D eigenvalue weighted by Gasteiger charge is -2.22. The number of anilines is 1. The topological polar surface area (TPSA) is 108 Å². The van der Waals surface area contributed by atoms with E-state index in [0.29, 0.717) is 12.2 Å². The largest absolute Gasteiger partial charge is 0.497 e. The second-order valence-corrected chi connectivity index (χ2v) is 6.48. The molecule has 2 aromatic carbocycles. The van der Waals surface area contributed by atoms with Gasteiger partial charge in [0.05, 0.1) is 12.8 Å². The molecular formula is C21H23FN2O5. The number of hydrogen-bond acceptors (Lipinski definition) is 5. The van der Waals surface area contributed by atoms with Gasteiger partial charge in [-0.05, 0) is 48.9 Å². The van der Waals surface area contributed by atoms with Crippen molar-refractivity contribution in [2.45, 2.75) is 26.4 Å². The number of hydrogen-bond donors (Lipinski definition) is 2. The van der Waals surface area contributed by atoms with Crippen LogP contribution in [0.4, 0.5) is 14.9 Å². The summed E-state index contributed by atoms with van der Waals surface area (Å²) in [5.74, 6) is -1.41. The minimum absolute atomic E-state index is 0.145. The number of primary amides is 1. The molecule has 2 amide bonds. The van der Waals surface area contributed by atoms with Crippen LogP contribution in [0, 0.1) is 11.7 Å². The summed E-state index contributed by atoms with van der Waals surface area (Å²) in [7, 11) is 1.44. The van der Waals surface area contributed by atoms with Gasteiger partial charge in [0.25, 0.3) is 5.91 Å². The van der Waals surface area contributed by atoms with Crippen LogP contribution >= 0.6 is 0 Å². The highest BCUT2D eigenvalue weighted by Crippen LogP contribution is 2.26. The molecule has 8 heteroatoms. The van der Waals surface area contributed by atoms with Crippen molar-refractivity contribution in [1.82, 2.24) is 0 Å². The third kappa shape index (κ3) is 5.54. The Kier molecular flexibility index (Phi) is 7.30. The predicted molar refractivity (Wildman–Crippen MR) is 105 cm³/mol. The maximum absolute atomic E-state index is 13.2. The van der Waals surface area contributed by atoms with E-state index in [-0.39, 0.29) is 22.7 Å². The fourth-order valence-electron chi connectivity index (χ4n) is 2.68. The number of nitrogens with one attached hydrogen (secondary N) is 1. The molecule has 154 valence electrons. The zero-order valence-corrected chi connectivity index (χ0v) is 16.4. The van der Waals surface area contributed by atoms with Gasteiger partial charge >= 0.3 is 6.09 Å². The molecule has 0 aliphatic rings. The van der Waals surface area contributed by atoms with Crippen LogP contribution in [0.25, 0.3) is 0 Å². The summed E-state index contributed by atoms with van der Waals surface area (Å²) in [6.45, 7) is 3.58. The van der Waals surface area contributed by atoms with Crippen molar-refractivity contribution < 1.29 is 28.2 Å². The summed E-state index contributed by atoms with van der Waals surface area (Å²) < 4.78 is 23.3. The van der Waals surface area contributed by atoms with Crippen molar-refractivity contribution in [2.75, 3.05) is 12.4 Å². The number of ketones is 1. The predicted octanol–water partition coefficient (Wildman–Crippen LogP) is 3.51. The number of halogens is 1. The van der Waals surface area contributed by atoms with Crippen molar-refractivity contribution in [2.24, 2.45) is 11.7 Å². The summed E-state index contributed by atoms with van der Waals surface area (Å²) in [5.41, 5.74) is 5.66. The Morgan fingerprint density at radius 3 is 2.34 bits per heavy atom. The van der Waals surface area contributed by atoms with Crippen LogP contribution in [0.5, 0.6) is 5.75 Å². The number of rotatable bonds is 8. The Morgan fingerprint density at radius 1 is 1.14 bits per heavy atom. The van der Waals surface area contributed by atoms with Gasteiger partial charge in [0.2, 0.25) is 0 Å². The van der Waals surface area contributed by atoms with Crippen molar-refractivity contribution in [1.29, 1.82) is 0 Å². The van der Waals surface area contributed by atoms with E-state index in [0.717, 1.165) is 0 Å². The first-order valence-corrected chi connectivity index (χ1v) is 9.02. The van der Waals surface area contributed by atoms with Gasteiger partial charge in [-0.3, -0.25) is 9.59 Å².